The zero-order valence-electron chi connectivity index (χ0n) is 17.9. The van der Waals surface area contributed by atoms with Gasteiger partial charge in [-0.15, -0.1) is 24.0 Å². The van der Waals surface area contributed by atoms with E-state index in [-0.39, 0.29) is 36.0 Å². The molecule has 1 unspecified atom stereocenters. The third kappa shape index (κ3) is 8.99. The molecule has 8 heteroatoms. The highest BCUT2D eigenvalue weighted by molar-refractivity contribution is 14.0. The van der Waals surface area contributed by atoms with Gasteiger partial charge in [-0.3, -0.25) is 4.79 Å². The van der Waals surface area contributed by atoms with Crippen molar-refractivity contribution in [2.24, 2.45) is 4.99 Å². The number of aliphatic imine (C=N–C) groups is 1. The second-order valence-corrected chi connectivity index (χ2v) is 6.22. The molecule has 28 heavy (non-hydrogen) atoms. The van der Waals surface area contributed by atoms with Crippen LogP contribution in [-0.2, 0) is 4.79 Å². The number of carbonyl (C=O) groups is 1. The number of nitrogens with one attached hydrogen (secondary N) is 1. The molecule has 0 saturated heterocycles. The van der Waals surface area contributed by atoms with Crippen LogP contribution in [0.25, 0.3) is 0 Å². The molecule has 1 aromatic carbocycles. The van der Waals surface area contributed by atoms with E-state index in [9.17, 15) is 4.79 Å². The number of carbonyl (C=O) groups excluding carboxylic acids is 1. The van der Waals surface area contributed by atoms with Crippen molar-refractivity contribution in [1.29, 1.82) is 0 Å². The SMILES string of the molecule is CCNC(=NCC(C)Oc1ccc(OC)cc1)N(C)CC(=O)N(CC)CC.I. The average molecular weight is 506 g/mol. The Morgan fingerprint density at radius 1 is 1.14 bits per heavy atom. The first-order valence-electron chi connectivity index (χ1n) is 9.52. The summed E-state index contributed by atoms with van der Waals surface area (Å²) < 4.78 is 11.0. The summed E-state index contributed by atoms with van der Waals surface area (Å²) in [6.45, 7) is 10.9. The van der Waals surface area contributed by atoms with E-state index in [1.165, 1.54) is 0 Å². The smallest absolute Gasteiger partial charge is 0.242 e. The number of benzene rings is 1. The molecule has 1 amide bonds. The lowest BCUT2D eigenvalue weighted by atomic mass is 10.3. The van der Waals surface area contributed by atoms with Gasteiger partial charge in [-0.25, -0.2) is 4.99 Å². The van der Waals surface area contributed by atoms with Gasteiger partial charge in [0.15, 0.2) is 5.96 Å². The minimum absolute atomic E-state index is 0. The number of likely N-dealkylation sites (N-methyl/N-ethyl adjacent to an activating group) is 2. The first-order valence-corrected chi connectivity index (χ1v) is 9.52. The summed E-state index contributed by atoms with van der Waals surface area (Å²) in [6, 6.07) is 7.47. The van der Waals surface area contributed by atoms with Gasteiger partial charge in [0.05, 0.1) is 20.2 Å². The van der Waals surface area contributed by atoms with E-state index in [0.717, 1.165) is 18.0 Å². The molecule has 1 rings (SSSR count). The lowest BCUT2D eigenvalue weighted by Gasteiger charge is -2.26. The highest BCUT2D eigenvalue weighted by Gasteiger charge is 2.15. The van der Waals surface area contributed by atoms with Crippen LogP contribution >= 0.6 is 24.0 Å². The van der Waals surface area contributed by atoms with Gasteiger partial charge < -0.3 is 24.6 Å². The molecule has 0 heterocycles. The zero-order valence-corrected chi connectivity index (χ0v) is 20.2. The topological polar surface area (TPSA) is 66.4 Å². The number of halogens is 1. The first-order chi connectivity index (χ1) is 12.9. The maximum atomic E-state index is 12.3. The van der Waals surface area contributed by atoms with Crippen molar-refractivity contribution in [1.82, 2.24) is 15.1 Å². The summed E-state index contributed by atoms with van der Waals surface area (Å²) in [6.07, 6.45) is -0.0982. The lowest BCUT2D eigenvalue weighted by Crippen LogP contribution is -2.46. The van der Waals surface area contributed by atoms with Gasteiger partial charge in [-0.1, -0.05) is 0 Å². The minimum Gasteiger partial charge on any atom is -0.497 e. The summed E-state index contributed by atoms with van der Waals surface area (Å²) in [4.78, 5) is 20.6. The standard InChI is InChI=1S/C20H34N4O3.HI/c1-7-21-20(23(5)15-19(25)24(8-2)9-3)22-14-16(4)27-18-12-10-17(26-6)11-13-18;/h10-13,16H,7-9,14-15H2,1-6H3,(H,21,22);1H. The van der Waals surface area contributed by atoms with Crippen LogP contribution in [0.15, 0.2) is 29.3 Å². The van der Waals surface area contributed by atoms with Gasteiger partial charge in [-0.05, 0) is 52.0 Å². The Morgan fingerprint density at radius 2 is 1.71 bits per heavy atom. The third-order valence-electron chi connectivity index (χ3n) is 4.08. The molecular formula is C20H35IN4O3. The molecule has 1 aromatic rings. The number of amides is 1. The quantitative estimate of drug-likeness (QED) is 0.301. The second-order valence-electron chi connectivity index (χ2n) is 6.22. The van der Waals surface area contributed by atoms with E-state index in [1.54, 1.807) is 7.11 Å². The molecule has 0 aliphatic carbocycles. The number of hydrogen-bond acceptors (Lipinski definition) is 4. The normalized spacial score (nSPS) is 11.9. The maximum absolute atomic E-state index is 12.3. The Morgan fingerprint density at radius 3 is 2.21 bits per heavy atom. The molecule has 0 radical (unpaired) electrons. The third-order valence-corrected chi connectivity index (χ3v) is 4.08. The van der Waals surface area contributed by atoms with Gasteiger partial charge in [0, 0.05) is 26.7 Å². The predicted octanol–water partition coefficient (Wildman–Crippen LogP) is 2.85. The van der Waals surface area contributed by atoms with E-state index >= 15 is 0 Å². The molecule has 7 nitrogen and oxygen atoms in total. The summed E-state index contributed by atoms with van der Waals surface area (Å²) in [7, 11) is 3.51. The number of guanidine groups is 1. The van der Waals surface area contributed by atoms with E-state index in [2.05, 4.69) is 10.3 Å². The molecule has 1 N–H and O–H groups in total. The van der Waals surface area contributed by atoms with Crippen molar-refractivity contribution in [3.05, 3.63) is 24.3 Å². The Bertz CT molecular complexity index is 592. The van der Waals surface area contributed by atoms with E-state index < -0.39 is 0 Å². The molecule has 0 bridgehead atoms. The Hall–Kier alpha value is -1.71. The van der Waals surface area contributed by atoms with Crippen LogP contribution in [0.2, 0.25) is 0 Å². The lowest BCUT2D eigenvalue weighted by molar-refractivity contribution is -0.131. The molecule has 0 aliphatic rings. The Kier molecular flexibility index (Phi) is 13.4. The van der Waals surface area contributed by atoms with E-state index in [1.807, 2.05) is 68.8 Å². The second kappa shape index (κ2) is 14.3. The summed E-state index contributed by atoms with van der Waals surface area (Å²) in [5.41, 5.74) is 0. The number of methoxy groups -OCH3 is 1. The Balaban J connectivity index is 0.00000729. The van der Waals surface area contributed by atoms with Crippen LogP contribution in [0.5, 0.6) is 11.5 Å². The average Bonchev–Trinajstić information content (AvgIpc) is 2.66. The van der Waals surface area contributed by atoms with Crippen LogP contribution in [0.1, 0.15) is 27.7 Å². The summed E-state index contributed by atoms with van der Waals surface area (Å²) in [5, 5.41) is 3.23. The number of ether oxygens (including phenoxy) is 2. The van der Waals surface area contributed by atoms with Crippen LogP contribution in [0, 0.1) is 0 Å². The Labute approximate surface area is 186 Å². The van der Waals surface area contributed by atoms with Crippen molar-refractivity contribution in [2.75, 3.05) is 46.9 Å². The number of rotatable bonds is 10. The molecule has 0 fully saturated rings. The molecule has 0 aromatic heterocycles. The molecular weight excluding hydrogens is 471 g/mol. The van der Waals surface area contributed by atoms with Crippen molar-refractivity contribution in [2.45, 2.75) is 33.8 Å². The van der Waals surface area contributed by atoms with Gasteiger partial charge in [0.25, 0.3) is 0 Å². The summed E-state index contributed by atoms with van der Waals surface area (Å²) >= 11 is 0. The number of nitrogens with zero attached hydrogens (tertiary/aromatic N) is 3. The monoisotopic (exact) mass is 506 g/mol. The van der Waals surface area contributed by atoms with Gasteiger partial charge >= 0.3 is 0 Å². The minimum atomic E-state index is -0.0982. The van der Waals surface area contributed by atoms with Gasteiger partial charge in [0.1, 0.15) is 17.6 Å². The molecule has 0 spiro atoms. The molecule has 0 aliphatic heterocycles. The van der Waals surface area contributed by atoms with Crippen molar-refractivity contribution >= 4 is 35.8 Å². The van der Waals surface area contributed by atoms with Crippen molar-refractivity contribution in [3.8, 4) is 11.5 Å². The predicted molar refractivity (Wildman–Crippen MR) is 125 cm³/mol. The van der Waals surface area contributed by atoms with E-state index in [0.29, 0.717) is 32.1 Å². The fourth-order valence-corrected chi connectivity index (χ4v) is 2.56. The first kappa shape index (κ1) is 26.3. The van der Waals surface area contributed by atoms with Crippen LogP contribution < -0.4 is 14.8 Å². The molecule has 160 valence electrons. The van der Waals surface area contributed by atoms with Crippen LogP contribution in [0.4, 0.5) is 0 Å². The van der Waals surface area contributed by atoms with Gasteiger partial charge in [-0.2, -0.15) is 0 Å². The molecule has 0 saturated carbocycles. The molecule has 1 atom stereocenters. The summed E-state index contributed by atoms with van der Waals surface area (Å²) in [5.74, 6) is 2.36. The fraction of sp³-hybridized carbons (Fsp3) is 0.600. The van der Waals surface area contributed by atoms with Crippen LogP contribution in [-0.4, -0.2) is 74.7 Å². The fourth-order valence-electron chi connectivity index (χ4n) is 2.56. The maximum Gasteiger partial charge on any atom is 0.242 e. The largest absolute Gasteiger partial charge is 0.497 e. The van der Waals surface area contributed by atoms with Crippen molar-refractivity contribution < 1.29 is 14.3 Å². The highest BCUT2D eigenvalue weighted by atomic mass is 127. The highest BCUT2D eigenvalue weighted by Crippen LogP contribution is 2.18. The van der Waals surface area contributed by atoms with Gasteiger partial charge in [0.2, 0.25) is 5.91 Å². The van der Waals surface area contributed by atoms with E-state index in [4.69, 9.17) is 9.47 Å². The zero-order chi connectivity index (χ0) is 20.2. The van der Waals surface area contributed by atoms with Crippen LogP contribution in [0.3, 0.4) is 0 Å². The number of hydrogen-bond donors (Lipinski definition) is 1. The van der Waals surface area contributed by atoms with Crippen molar-refractivity contribution in [3.63, 3.8) is 0 Å².